The number of carbonyl (C=O) groups excluding carboxylic acids is 3. The van der Waals surface area contributed by atoms with E-state index in [0.29, 0.717) is 24.1 Å². The van der Waals surface area contributed by atoms with Crippen molar-refractivity contribution >= 4 is 44.7 Å². The van der Waals surface area contributed by atoms with Gasteiger partial charge in [-0.15, -0.1) is 11.3 Å². The van der Waals surface area contributed by atoms with Crippen LogP contribution in [-0.4, -0.2) is 49.6 Å². The molecule has 3 rings (SSSR count). The second kappa shape index (κ2) is 9.71. The highest BCUT2D eigenvalue weighted by Gasteiger charge is 2.34. The zero-order valence-electron chi connectivity index (χ0n) is 17.2. The third kappa shape index (κ3) is 5.38. The highest BCUT2D eigenvalue weighted by molar-refractivity contribution is 7.91. The minimum Gasteiger partial charge on any atom is -0.452 e. The average Bonchev–Trinajstić information content (AvgIpc) is 3.30. The molecule has 1 saturated heterocycles. The van der Waals surface area contributed by atoms with Gasteiger partial charge in [-0.25, -0.2) is 8.42 Å². The number of hydrogen-bond acceptors (Lipinski definition) is 7. The van der Waals surface area contributed by atoms with Crippen LogP contribution in [0.15, 0.2) is 46.0 Å². The van der Waals surface area contributed by atoms with E-state index in [0.717, 1.165) is 11.3 Å². The molecule has 1 atom stereocenters. The van der Waals surface area contributed by atoms with Crippen LogP contribution < -0.4 is 5.32 Å². The molecule has 0 saturated carbocycles. The van der Waals surface area contributed by atoms with Gasteiger partial charge in [0.05, 0.1) is 11.6 Å². The molecule has 0 bridgehead atoms. The molecular weight excluding hydrogens is 440 g/mol. The van der Waals surface area contributed by atoms with E-state index in [2.05, 4.69) is 5.32 Å². The lowest BCUT2D eigenvalue weighted by Gasteiger charge is -2.30. The molecule has 0 radical (unpaired) electrons. The minimum atomic E-state index is -3.54. The number of piperidine rings is 1. The van der Waals surface area contributed by atoms with E-state index in [1.54, 1.807) is 41.8 Å². The van der Waals surface area contributed by atoms with Crippen LogP contribution in [0.2, 0.25) is 0 Å². The first-order valence-corrected chi connectivity index (χ1v) is 12.2. The van der Waals surface area contributed by atoms with Crippen molar-refractivity contribution in [3.63, 3.8) is 0 Å². The van der Waals surface area contributed by atoms with Crippen LogP contribution in [0.1, 0.15) is 37.0 Å². The van der Waals surface area contributed by atoms with Gasteiger partial charge >= 0.3 is 5.97 Å². The lowest BCUT2D eigenvalue weighted by molar-refractivity contribution is -0.158. The Labute approximate surface area is 185 Å². The van der Waals surface area contributed by atoms with Gasteiger partial charge in [0.1, 0.15) is 4.21 Å². The van der Waals surface area contributed by atoms with Crippen molar-refractivity contribution in [2.75, 3.05) is 18.4 Å². The fourth-order valence-corrected chi connectivity index (χ4v) is 5.94. The Balaban J connectivity index is 1.54. The summed E-state index contributed by atoms with van der Waals surface area (Å²) in [6.45, 7) is 3.29. The number of sulfonamides is 1. The first-order chi connectivity index (χ1) is 14.7. The quantitative estimate of drug-likeness (QED) is 0.498. The molecule has 8 nitrogen and oxygen atoms in total. The number of anilines is 1. The maximum Gasteiger partial charge on any atom is 0.309 e. The molecule has 1 aliphatic heterocycles. The van der Waals surface area contributed by atoms with Gasteiger partial charge in [0.25, 0.3) is 15.9 Å². The van der Waals surface area contributed by atoms with Gasteiger partial charge in [-0.1, -0.05) is 18.2 Å². The van der Waals surface area contributed by atoms with Gasteiger partial charge in [0.15, 0.2) is 11.9 Å². The molecule has 1 aromatic carbocycles. The van der Waals surface area contributed by atoms with Crippen molar-refractivity contribution in [3.8, 4) is 0 Å². The van der Waals surface area contributed by atoms with E-state index >= 15 is 0 Å². The fraction of sp³-hybridized carbons (Fsp3) is 0.381. The number of ketones is 1. The van der Waals surface area contributed by atoms with Gasteiger partial charge in [-0.2, -0.15) is 4.31 Å². The Kier molecular flexibility index (Phi) is 7.24. The number of esters is 1. The molecule has 1 N–H and O–H groups in total. The lowest BCUT2D eigenvalue weighted by Crippen LogP contribution is -2.41. The smallest absolute Gasteiger partial charge is 0.309 e. The summed E-state index contributed by atoms with van der Waals surface area (Å²) in [5, 5.41) is 4.33. The predicted octanol–water partition coefficient (Wildman–Crippen LogP) is 2.92. The third-order valence-electron chi connectivity index (χ3n) is 5.10. The molecule has 1 unspecified atom stereocenters. The van der Waals surface area contributed by atoms with Gasteiger partial charge in [-0.3, -0.25) is 14.4 Å². The molecule has 1 aliphatic rings. The molecule has 1 amide bonds. The van der Waals surface area contributed by atoms with E-state index in [1.807, 2.05) is 0 Å². The van der Waals surface area contributed by atoms with E-state index < -0.39 is 33.9 Å². The summed E-state index contributed by atoms with van der Waals surface area (Å²) in [6.07, 6.45) is -0.406. The zero-order valence-corrected chi connectivity index (χ0v) is 18.9. The summed E-state index contributed by atoms with van der Waals surface area (Å²) >= 11 is 1.16. The number of nitrogens with one attached hydrogen (secondary N) is 1. The molecule has 1 aromatic heterocycles. The molecule has 0 aliphatic carbocycles. The summed E-state index contributed by atoms with van der Waals surface area (Å²) in [6, 6.07) is 9.84. The molecule has 2 heterocycles. The standard InChI is InChI=1S/C21H24N2O6S2/c1-14(24)17-6-3-4-7-18(17)22-20(25)15(2)29-21(26)16-9-11-23(12-10-16)31(27,28)19-8-5-13-30-19/h3-8,13,15-16H,9-12H2,1-2H3,(H,22,25). The monoisotopic (exact) mass is 464 g/mol. The van der Waals surface area contributed by atoms with Crippen molar-refractivity contribution in [1.82, 2.24) is 4.31 Å². The Morgan fingerprint density at radius 3 is 2.42 bits per heavy atom. The van der Waals surface area contributed by atoms with Crippen LogP contribution in [0.4, 0.5) is 5.69 Å². The third-order valence-corrected chi connectivity index (χ3v) is 8.37. The van der Waals surface area contributed by atoms with Gasteiger partial charge in [0.2, 0.25) is 0 Å². The zero-order chi connectivity index (χ0) is 22.6. The summed E-state index contributed by atoms with van der Waals surface area (Å²) in [5.41, 5.74) is 0.726. The Morgan fingerprint density at radius 2 is 1.81 bits per heavy atom. The van der Waals surface area contributed by atoms with Crippen molar-refractivity contribution in [2.45, 2.75) is 37.0 Å². The number of amides is 1. The van der Waals surface area contributed by atoms with E-state index in [1.165, 1.54) is 18.2 Å². The average molecular weight is 465 g/mol. The number of para-hydroxylation sites is 1. The van der Waals surface area contributed by atoms with Gasteiger partial charge < -0.3 is 10.1 Å². The molecule has 0 spiro atoms. The van der Waals surface area contributed by atoms with E-state index in [9.17, 15) is 22.8 Å². The summed E-state index contributed by atoms with van der Waals surface area (Å²) < 4.78 is 32.1. The number of nitrogens with zero attached hydrogens (tertiary/aromatic N) is 1. The number of benzene rings is 1. The number of carbonyl (C=O) groups is 3. The van der Waals surface area contributed by atoms with E-state index in [-0.39, 0.29) is 23.1 Å². The molecule has 2 aromatic rings. The second-order valence-electron chi connectivity index (χ2n) is 7.28. The van der Waals surface area contributed by atoms with Crippen LogP contribution in [-0.2, 0) is 24.3 Å². The first kappa shape index (κ1) is 23.1. The van der Waals surface area contributed by atoms with Crippen molar-refractivity contribution in [1.29, 1.82) is 0 Å². The maximum atomic E-state index is 12.6. The fourth-order valence-electron chi connectivity index (χ4n) is 3.33. The molecule has 10 heteroatoms. The summed E-state index contributed by atoms with van der Waals surface area (Å²) in [5.74, 6) is -1.74. The van der Waals surface area contributed by atoms with Crippen molar-refractivity contribution < 1.29 is 27.5 Å². The van der Waals surface area contributed by atoms with Gasteiger partial charge in [-0.05, 0) is 50.3 Å². The normalized spacial score (nSPS) is 16.5. The van der Waals surface area contributed by atoms with Crippen LogP contribution in [0.5, 0.6) is 0 Å². The Morgan fingerprint density at radius 1 is 1.13 bits per heavy atom. The SMILES string of the molecule is CC(=O)c1ccccc1NC(=O)C(C)OC(=O)C1CCN(S(=O)(=O)c2cccs2)CC1. The van der Waals surface area contributed by atoms with Gasteiger partial charge in [0, 0.05) is 18.7 Å². The first-order valence-electron chi connectivity index (χ1n) is 9.85. The van der Waals surface area contributed by atoms with Crippen LogP contribution in [0.3, 0.4) is 0 Å². The molecule has 31 heavy (non-hydrogen) atoms. The molecule has 166 valence electrons. The van der Waals surface area contributed by atoms with Crippen LogP contribution in [0.25, 0.3) is 0 Å². The minimum absolute atomic E-state index is 0.190. The molecule has 1 fully saturated rings. The largest absolute Gasteiger partial charge is 0.452 e. The highest BCUT2D eigenvalue weighted by Crippen LogP contribution is 2.27. The van der Waals surface area contributed by atoms with Crippen LogP contribution in [0, 0.1) is 5.92 Å². The highest BCUT2D eigenvalue weighted by atomic mass is 32.2. The van der Waals surface area contributed by atoms with Crippen molar-refractivity contribution in [2.24, 2.45) is 5.92 Å². The Hall–Kier alpha value is -2.56. The topological polar surface area (TPSA) is 110 Å². The number of ether oxygens (including phenoxy) is 1. The van der Waals surface area contributed by atoms with E-state index in [4.69, 9.17) is 4.74 Å². The number of thiophene rings is 1. The summed E-state index contributed by atoms with van der Waals surface area (Å²) in [7, 11) is -3.54. The van der Waals surface area contributed by atoms with Crippen molar-refractivity contribution in [3.05, 3.63) is 47.3 Å². The van der Waals surface area contributed by atoms with Crippen LogP contribution >= 0.6 is 11.3 Å². The second-order valence-corrected chi connectivity index (χ2v) is 10.4. The number of Topliss-reactive ketones (excluding diaryl/α,β-unsaturated/α-hetero) is 1. The Bertz CT molecular complexity index is 1060. The molecular formula is C21H24N2O6S2. The number of hydrogen-bond donors (Lipinski definition) is 1. The maximum absolute atomic E-state index is 12.6. The number of rotatable bonds is 7. The summed E-state index contributed by atoms with van der Waals surface area (Å²) in [4.78, 5) is 36.6. The predicted molar refractivity (Wildman–Crippen MR) is 116 cm³/mol. The lowest BCUT2D eigenvalue weighted by atomic mass is 9.98.